The SMILES string of the molecule is CNC(CC(C)C)C(=O)NC1C(=O)NC(CC(N)=O)C(=O)NC2C(=O)NC3C(=O)NC(C(=O)N[C@@H](C(=O)NOCC(N)=O)c4cc(O)cc(O)c4-c4cc3ccc4O)C(O)c3ccc(c(Cl)c3)Oc3cc2cc(c3OC2OC(CO)C(O)C(O)C2OC2C[C@@](C)(NCc3cncc(NC(=O)c4ccc(F)c(Cl)c4)c3)C(O)C(C)O2)Oc2ccc(cc2Cl)C1O. The van der Waals surface area contributed by atoms with Gasteiger partial charge in [-0.15, -0.1) is 0 Å². The molecule has 660 valence electrons. The van der Waals surface area contributed by atoms with Gasteiger partial charge < -0.3 is 134 Å². The van der Waals surface area contributed by atoms with Gasteiger partial charge in [0, 0.05) is 47.5 Å². The lowest BCUT2D eigenvalue weighted by Gasteiger charge is -2.48. The van der Waals surface area contributed by atoms with E-state index in [4.69, 9.17) is 79.5 Å². The number of carbonyl (C=O) groups excluding carboxylic acids is 10. The molecule has 2 fully saturated rings. The lowest BCUT2D eigenvalue weighted by atomic mass is 9.84. The topological polar surface area (TPSA) is 603 Å². The Bertz CT molecular complexity index is 5320. The zero-order chi connectivity index (χ0) is 89.8. The molecular weight excluding hydrogens is 1700 g/mol. The molecule has 0 radical (unpaired) electrons. The highest BCUT2D eigenvalue weighted by Gasteiger charge is 2.52. The van der Waals surface area contributed by atoms with Gasteiger partial charge in [-0.1, -0.05) is 66.8 Å². The second-order valence-corrected chi connectivity index (χ2v) is 31.7. The van der Waals surface area contributed by atoms with Gasteiger partial charge in [0.2, 0.25) is 59.3 Å². The van der Waals surface area contributed by atoms with E-state index in [0.29, 0.717) is 5.56 Å². The fourth-order valence-corrected chi connectivity index (χ4v) is 15.3. The van der Waals surface area contributed by atoms with Gasteiger partial charge in [-0.3, -0.25) is 57.8 Å². The van der Waals surface area contributed by atoms with E-state index >= 15 is 24.0 Å². The van der Waals surface area contributed by atoms with Gasteiger partial charge in [0.25, 0.3) is 11.8 Å². The molecule has 43 heteroatoms. The fraction of sp³-hybridized carbons (Fsp3) is 0.370. The maximum Gasteiger partial charge on any atom is 0.270 e. The van der Waals surface area contributed by atoms with E-state index in [1.54, 1.807) is 26.8 Å². The minimum atomic E-state index is -2.42. The largest absolute Gasteiger partial charge is 0.508 e. The van der Waals surface area contributed by atoms with Gasteiger partial charge in [0.15, 0.2) is 30.5 Å². The van der Waals surface area contributed by atoms with Crippen LogP contribution < -0.4 is 79.0 Å². The number of rotatable bonds is 21. The second-order valence-electron chi connectivity index (χ2n) is 30.5. The van der Waals surface area contributed by atoms with Crippen molar-refractivity contribution in [3.63, 3.8) is 0 Å². The Hall–Kier alpha value is -11.7. The summed E-state index contributed by atoms with van der Waals surface area (Å²) in [7, 11) is 1.46. The molecule has 6 aromatic carbocycles. The Morgan fingerprint density at radius 3 is 1.98 bits per heavy atom. The van der Waals surface area contributed by atoms with Gasteiger partial charge in [-0.2, -0.15) is 0 Å². The van der Waals surface area contributed by atoms with E-state index in [1.807, 2.05) is 5.48 Å². The van der Waals surface area contributed by atoms with Crippen LogP contribution in [0.4, 0.5) is 10.1 Å². The van der Waals surface area contributed by atoms with Gasteiger partial charge in [0.05, 0.1) is 58.2 Å². The average Bonchev–Trinajstić information content (AvgIpc) is 0.765. The number of nitrogens with zero attached hydrogens (tertiary/aromatic N) is 1. The van der Waals surface area contributed by atoms with Crippen molar-refractivity contribution < 1.29 is 132 Å². The predicted octanol–water partition coefficient (Wildman–Crippen LogP) is 1.83. The molecule has 7 aliphatic heterocycles. The molecule has 18 atom stereocenters. The maximum absolute atomic E-state index is 16.3. The summed E-state index contributed by atoms with van der Waals surface area (Å²) in [5.41, 5.74) is 9.22. The van der Waals surface area contributed by atoms with Crippen LogP contribution in [0.2, 0.25) is 15.1 Å². The number of nitrogens with two attached hydrogens (primary N) is 2. The molecular formula is C81H87Cl3FN13O26. The zero-order valence-corrected chi connectivity index (χ0v) is 68.5. The number of primary amides is 2. The van der Waals surface area contributed by atoms with Crippen LogP contribution in [0.25, 0.3) is 11.1 Å². The van der Waals surface area contributed by atoms with Crippen molar-refractivity contribution in [2.75, 3.05) is 25.6 Å². The normalized spacial score (nSPS) is 26.0. The summed E-state index contributed by atoms with van der Waals surface area (Å²) in [5, 5.41) is 129. The number of aromatic hydroxyl groups is 3. The molecule has 14 rings (SSSR count). The van der Waals surface area contributed by atoms with Crippen LogP contribution in [0.15, 0.2) is 116 Å². The van der Waals surface area contributed by atoms with Gasteiger partial charge in [0.1, 0.15) is 101 Å². The molecule has 1 aromatic heterocycles. The molecule has 7 aliphatic rings. The highest BCUT2D eigenvalue weighted by molar-refractivity contribution is 6.32. The van der Waals surface area contributed by atoms with Crippen molar-refractivity contribution in [2.45, 2.75) is 163 Å². The molecule has 16 unspecified atom stereocenters. The van der Waals surface area contributed by atoms with Gasteiger partial charge in [-0.25, -0.2) is 9.87 Å². The summed E-state index contributed by atoms with van der Waals surface area (Å²) in [5.74, 6) is -18.7. The van der Waals surface area contributed by atoms with Crippen molar-refractivity contribution in [1.29, 1.82) is 0 Å². The summed E-state index contributed by atoms with van der Waals surface area (Å²) in [6, 6.07) is 3.77. The summed E-state index contributed by atoms with van der Waals surface area (Å²) >= 11 is 20.3. The third-order valence-corrected chi connectivity index (χ3v) is 21.9. The number of nitrogens with one attached hydrogen (secondary N) is 10. The maximum atomic E-state index is 16.3. The molecule has 0 aliphatic carbocycles. The molecule has 8 heterocycles. The molecule has 2 saturated heterocycles. The minimum absolute atomic E-state index is 0.0363. The van der Waals surface area contributed by atoms with Crippen molar-refractivity contribution in [1.82, 2.24) is 53.0 Å². The van der Waals surface area contributed by atoms with Crippen LogP contribution in [-0.2, 0) is 68.7 Å². The van der Waals surface area contributed by atoms with Crippen LogP contribution in [0, 0.1) is 11.7 Å². The highest BCUT2D eigenvalue weighted by Crippen LogP contribution is 2.50. The van der Waals surface area contributed by atoms with Crippen LogP contribution >= 0.6 is 34.8 Å². The van der Waals surface area contributed by atoms with Crippen LogP contribution in [-0.4, -0.2) is 209 Å². The Kier molecular flexibility index (Phi) is 28.5. The molecule has 7 aromatic rings. The molecule has 23 N–H and O–H groups in total. The number of hydrogen-bond acceptors (Lipinski definition) is 29. The number of hydroxylamine groups is 1. The van der Waals surface area contributed by atoms with Crippen molar-refractivity contribution in [3.8, 4) is 57.1 Å². The number of carbonyl (C=O) groups is 10. The Labute approximate surface area is 718 Å². The lowest BCUT2D eigenvalue weighted by Crippen LogP contribution is -2.65. The van der Waals surface area contributed by atoms with Crippen molar-refractivity contribution in [3.05, 3.63) is 175 Å². The number of anilines is 1. The monoisotopic (exact) mass is 1780 g/mol. The molecule has 39 nitrogen and oxygen atoms in total. The van der Waals surface area contributed by atoms with Crippen molar-refractivity contribution in [2.24, 2.45) is 17.4 Å². The van der Waals surface area contributed by atoms with E-state index in [0.717, 1.165) is 78.9 Å². The number of hydrogen-bond donors (Lipinski definition) is 21. The van der Waals surface area contributed by atoms with Crippen LogP contribution in [0.1, 0.15) is 121 Å². The third-order valence-electron chi connectivity index (χ3n) is 21.1. The van der Waals surface area contributed by atoms with Gasteiger partial charge >= 0.3 is 0 Å². The summed E-state index contributed by atoms with van der Waals surface area (Å²) in [6.07, 6.45) is -16.9. The number of fused-ring (bicyclic) bond motifs is 15. The summed E-state index contributed by atoms with van der Waals surface area (Å²) < 4.78 is 53.4. The molecule has 11 bridgehead atoms. The number of phenols is 3. The fourth-order valence-electron chi connectivity index (χ4n) is 14.7. The number of likely N-dealkylation sites (N-methyl/N-ethyl adjacent to an activating group) is 1. The molecule has 0 saturated carbocycles. The van der Waals surface area contributed by atoms with E-state index in [1.165, 1.54) is 44.6 Å². The van der Waals surface area contributed by atoms with Gasteiger partial charge in [-0.05, 0) is 145 Å². The highest BCUT2D eigenvalue weighted by atomic mass is 35.5. The number of halogens is 4. The molecule has 0 spiro atoms. The average molecular weight is 1780 g/mol. The number of aliphatic hydroxyl groups excluding tert-OH is 6. The van der Waals surface area contributed by atoms with Crippen molar-refractivity contribution >= 4 is 99.6 Å². The number of pyridine rings is 1. The number of aromatic nitrogens is 1. The predicted molar refractivity (Wildman–Crippen MR) is 431 cm³/mol. The third kappa shape index (κ3) is 20.5. The van der Waals surface area contributed by atoms with E-state index in [2.05, 4.69) is 52.8 Å². The standard InChI is InChI=1S/C81H87Cl3FN13O26/c1-31(2)14-47(88-5)73(111)96-63-65(105)35-8-12-51(44(83)17-35)120-53-20-38-21-54(69(53)124-80-70(68(108)67(107)55(29-99)122-80)123-58-25-81(4,71(109)32(3)119-58)90-27-33-15-39(28-89-26-33)91-72(110)37-6-10-46(85)43(82)19-37)121-52-13-9-36(18-45(52)84)66(106)64-78(116)95-62(79(117)98-118-30-57(87)104)42-22-40(100)23-50(102)59(42)41-16-34(7-11-49(41)101)60(75(113)97-64)94-76(114)61(38)93-74(112)48(24-56(86)103)92-77(63)115/h6-13,15-23,26,28,31-32,47-48,55,58,60-68,70-71,80,88,90,99-102,105-109H,14,24-25,27,29-30H2,1-5H3,(H2,86,103)(H2,87,104)(H,91,110)(H,92,115)(H,93,112)(H,94,114)(H,95,116)(H,96,111)(H,97,113)(H,98,117)/t32?,47?,48?,55?,58?,60?,61?,62-,63?,64?,65?,66?,67?,68?,70?,71?,80?,81-/m1/s1. The molecule has 124 heavy (non-hydrogen) atoms. The van der Waals surface area contributed by atoms with Crippen LogP contribution in [0.5, 0.6) is 46.0 Å². The van der Waals surface area contributed by atoms with E-state index in [9.17, 15) is 74.3 Å². The Balaban J connectivity index is 1.03. The number of aliphatic hydroxyl groups is 6. The first-order valence-electron chi connectivity index (χ1n) is 38.4. The lowest BCUT2D eigenvalue weighted by molar-refractivity contribution is -0.334. The second kappa shape index (κ2) is 38.6. The first kappa shape index (κ1) is 91.5. The smallest absolute Gasteiger partial charge is 0.270 e. The Morgan fingerprint density at radius 2 is 1.35 bits per heavy atom. The summed E-state index contributed by atoms with van der Waals surface area (Å²) in [6.45, 7) is 4.67. The quantitative estimate of drug-likeness (QED) is 0.0456. The van der Waals surface area contributed by atoms with E-state index < -0.39 is 278 Å². The summed E-state index contributed by atoms with van der Waals surface area (Å²) in [4.78, 5) is 154. The number of phenolic OH excluding ortho intramolecular Hbond substituents is 3. The molecule has 10 amide bonds. The first-order valence-corrected chi connectivity index (χ1v) is 39.5. The number of amides is 10. The van der Waals surface area contributed by atoms with Crippen LogP contribution in [0.3, 0.4) is 0 Å². The zero-order valence-electron chi connectivity index (χ0n) is 66.2. The number of benzene rings is 6. The van der Waals surface area contributed by atoms with E-state index in [-0.39, 0.29) is 52.7 Å². The Morgan fingerprint density at radius 1 is 0.694 bits per heavy atom. The minimum Gasteiger partial charge on any atom is -0.508 e. The first-order chi connectivity index (χ1) is 58.8. The number of ether oxygens (including phenoxy) is 6.